The topological polar surface area (TPSA) is 39.4 Å². The molecule has 0 aliphatic heterocycles. The Labute approximate surface area is 315 Å². The van der Waals surface area contributed by atoms with E-state index in [-0.39, 0.29) is 0 Å². The zero-order valence-electron chi connectivity index (χ0n) is 29.5. The Morgan fingerprint density at radius 2 is 0.782 bits per heavy atom. The summed E-state index contributed by atoms with van der Waals surface area (Å²) in [6.07, 6.45) is 1.77. The van der Waals surface area contributed by atoms with E-state index in [0.717, 1.165) is 77.1 Å². The zero-order chi connectivity index (χ0) is 36.0. The first-order valence-electron chi connectivity index (χ1n) is 18.7. The van der Waals surface area contributed by atoms with Gasteiger partial charge in [0.2, 0.25) is 0 Å². The molecule has 0 aliphatic rings. The number of benzene rings is 9. The van der Waals surface area contributed by atoms with E-state index in [1.165, 1.54) is 43.8 Å². The monoisotopic (exact) mass is 702 g/mol. The van der Waals surface area contributed by atoms with E-state index in [2.05, 4.69) is 152 Å². The number of rotatable bonds is 4. The highest BCUT2D eigenvalue weighted by molar-refractivity contribution is 6.23. The first-order valence-corrected chi connectivity index (χ1v) is 18.7. The quantitative estimate of drug-likeness (QED) is 0.171. The Morgan fingerprint density at radius 1 is 0.291 bits per heavy atom. The van der Waals surface area contributed by atoms with Gasteiger partial charge in [-0.25, -0.2) is 0 Å². The van der Waals surface area contributed by atoms with Gasteiger partial charge >= 0.3 is 0 Å². The first kappa shape index (κ1) is 30.1. The van der Waals surface area contributed by atoms with Crippen LogP contribution in [0, 0.1) is 0 Å². The molecule has 256 valence electrons. The molecule has 3 aromatic heterocycles. The van der Waals surface area contributed by atoms with Crippen LogP contribution in [0.15, 0.2) is 195 Å². The largest absolute Gasteiger partial charge is 0.464 e. The third-order valence-electron chi connectivity index (χ3n) is 11.4. The number of furan rings is 3. The second-order valence-corrected chi connectivity index (χ2v) is 14.3. The van der Waals surface area contributed by atoms with E-state index in [9.17, 15) is 0 Å². The van der Waals surface area contributed by atoms with E-state index in [1.54, 1.807) is 6.26 Å². The summed E-state index contributed by atoms with van der Waals surface area (Å²) < 4.78 is 18.9. The summed E-state index contributed by atoms with van der Waals surface area (Å²) in [5.74, 6) is 0. The van der Waals surface area contributed by atoms with Crippen molar-refractivity contribution in [3.8, 4) is 44.5 Å². The van der Waals surface area contributed by atoms with Crippen molar-refractivity contribution in [1.82, 2.24) is 0 Å². The van der Waals surface area contributed by atoms with Gasteiger partial charge in [-0.2, -0.15) is 0 Å². The van der Waals surface area contributed by atoms with Crippen LogP contribution < -0.4 is 0 Å². The van der Waals surface area contributed by atoms with Crippen LogP contribution in [-0.2, 0) is 0 Å². The van der Waals surface area contributed by atoms with Crippen LogP contribution in [0.2, 0.25) is 0 Å². The van der Waals surface area contributed by atoms with Crippen molar-refractivity contribution in [3.05, 3.63) is 182 Å². The van der Waals surface area contributed by atoms with E-state index in [1.807, 2.05) is 24.3 Å². The third kappa shape index (κ3) is 4.44. The zero-order valence-corrected chi connectivity index (χ0v) is 29.5. The molecule has 9 aromatic carbocycles. The van der Waals surface area contributed by atoms with Crippen LogP contribution in [0.3, 0.4) is 0 Å². The molecule has 3 nitrogen and oxygen atoms in total. The first-order chi connectivity index (χ1) is 27.3. The molecule has 0 spiro atoms. The number of hydrogen-bond acceptors (Lipinski definition) is 3. The highest BCUT2D eigenvalue weighted by Gasteiger charge is 2.22. The predicted octanol–water partition coefficient (Wildman–Crippen LogP) is 15.2. The van der Waals surface area contributed by atoms with Gasteiger partial charge in [0.1, 0.15) is 27.9 Å². The minimum Gasteiger partial charge on any atom is -0.464 e. The number of para-hydroxylation sites is 2. The molecule has 0 aliphatic carbocycles. The Morgan fingerprint density at radius 3 is 1.47 bits per heavy atom. The van der Waals surface area contributed by atoms with E-state index in [0.29, 0.717) is 0 Å². The van der Waals surface area contributed by atoms with Gasteiger partial charge in [-0.3, -0.25) is 0 Å². The molecule has 0 saturated heterocycles. The fourth-order valence-corrected chi connectivity index (χ4v) is 8.97. The van der Waals surface area contributed by atoms with Crippen molar-refractivity contribution in [2.24, 2.45) is 0 Å². The van der Waals surface area contributed by atoms with Gasteiger partial charge in [-0.15, -0.1) is 0 Å². The standard InChI is InChI=1S/C52H30O3/c1-2-15-35(43-22-11-12-31-26-27-53-52(31)43)33(13-1)34-14-3-4-17-38(34)51-41-20-7-5-18-39(41)50(40-19-6-8-21-42(40)51)32-24-25-37-45-30-48-44(29-49(45)55-47(37)28-32)36-16-9-10-23-46(36)54-48/h1-30H. The second-order valence-electron chi connectivity index (χ2n) is 14.3. The van der Waals surface area contributed by atoms with Crippen molar-refractivity contribution in [2.75, 3.05) is 0 Å². The molecule has 0 N–H and O–H groups in total. The summed E-state index contributed by atoms with van der Waals surface area (Å²) >= 11 is 0. The Bertz CT molecular complexity index is 3440. The smallest absolute Gasteiger partial charge is 0.141 e. The van der Waals surface area contributed by atoms with Gasteiger partial charge in [-0.1, -0.05) is 140 Å². The average molecular weight is 703 g/mol. The van der Waals surface area contributed by atoms with Crippen molar-refractivity contribution < 1.29 is 13.3 Å². The normalized spacial score (nSPS) is 12.0. The lowest BCUT2D eigenvalue weighted by Crippen LogP contribution is -1.93. The number of hydrogen-bond donors (Lipinski definition) is 0. The van der Waals surface area contributed by atoms with Gasteiger partial charge < -0.3 is 13.3 Å². The molecule has 3 heterocycles. The molecule has 0 radical (unpaired) electrons. The second kappa shape index (κ2) is 11.6. The van der Waals surface area contributed by atoms with Crippen LogP contribution in [0.25, 0.3) is 121 Å². The maximum Gasteiger partial charge on any atom is 0.141 e. The van der Waals surface area contributed by atoms with Crippen LogP contribution in [0.4, 0.5) is 0 Å². The summed E-state index contributed by atoms with van der Waals surface area (Å²) in [5, 5.41) is 10.2. The summed E-state index contributed by atoms with van der Waals surface area (Å²) in [4.78, 5) is 0. The Balaban J connectivity index is 1.09. The summed E-state index contributed by atoms with van der Waals surface area (Å²) in [5.41, 5.74) is 13.6. The van der Waals surface area contributed by atoms with Crippen LogP contribution in [0.5, 0.6) is 0 Å². The summed E-state index contributed by atoms with van der Waals surface area (Å²) in [7, 11) is 0. The molecule has 12 aromatic rings. The lowest BCUT2D eigenvalue weighted by molar-refractivity contribution is 0.617. The van der Waals surface area contributed by atoms with E-state index >= 15 is 0 Å². The average Bonchev–Trinajstić information content (AvgIpc) is 3.97. The van der Waals surface area contributed by atoms with Gasteiger partial charge in [-0.05, 0) is 96.9 Å². The SMILES string of the molecule is c1ccc(-c2c3ccccc3c(-c3ccc4c(c3)oc3cc5c(cc34)oc3ccccc35)c3ccccc23)c(-c2ccccc2-c2cccc3ccoc23)c1. The molecular weight excluding hydrogens is 673 g/mol. The van der Waals surface area contributed by atoms with Crippen molar-refractivity contribution >= 4 is 76.4 Å². The van der Waals surface area contributed by atoms with Crippen molar-refractivity contribution in [3.63, 3.8) is 0 Å². The maximum atomic E-state index is 6.64. The fourth-order valence-electron chi connectivity index (χ4n) is 8.97. The lowest BCUT2D eigenvalue weighted by atomic mass is 9.82. The number of fused-ring (bicyclic) bond motifs is 9. The van der Waals surface area contributed by atoms with Crippen LogP contribution in [-0.4, -0.2) is 0 Å². The van der Waals surface area contributed by atoms with Gasteiger partial charge in [0.15, 0.2) is 0 Å². The summed E-state index contributed by atoms with van der Waals surface area (Å²) in [6, 6.07) is 62.6. The molecule has 55 heavy (non-hydrogen) atoms. The predicted molar refractivity (Wildman–Crippen MR) is 228 cm³/mol. The molecule has 3 heteroatoms. The van der Waals surface area contributed by atoms with Crippen LogP contribution in [0.1, 0.15) is 0 Å². The maximum absolute atomic E-state index is 6.64. The molecule has 0 atom stereocenters. The molecule has 0 unspecified atom stereocenters. The minimum atomic E-state index is 0.857. The van der Waals surface area contributed by atoms with E-state index in [4.69, 9.17) is 13.3 Å². The molecular formula is C52H30O3. The van der Waals surface area contributed by atoms with Crippen molar-refractivity contribution in [2.45, 2.75) is 0 Å². The fraction of sp³-hybridized carbons (Fsp3) is 0. The lowest BCUT2D eigenvalue weighted by Gasteiger charge is -2.20. The molecule has 0 amide bonds. The van der Waals surface area contributed by atoms with Crippen LogP contribution >= 0.6 is 0 Å². The third-order valence-corrected chi connectivity index (χ3v) is 11.4. The Kier molecular flexibility index (Phi) is 6.34. The van der Waals surface area contributed by atoms with Gasteiger partial charge in [0, 0.05) is 32.5 Å². The highest BCUT2D eigenvalue weighted by Crippen LogP contribution is 2.48. The minimum absolute atomic E-state index is 0.857. The molecule has 0 bridgehead atoms. The Hall–Kier alpha value is -7.36. The highest BCUT2D eigenvalue weighted by atomic mass is 16.3. The van der Waals surface area contributed by atoms with Crippen molar-refractivity contribution in [1.29, 1.82) is 0 Å². The molecule has 0 fully saturated rings. The summed E-state index contributed by atoms with van der Waals surface area (Å²) in [6.45, 7) is 0. The van der Waals surface area contributed by atoms with Gasteiger partial charge in [0.25, 0.3) is 0 Å². The van der Waals surface area contributed by atoms with E-state index < -0.39 is 0 Å². The molecule has 12 rings (SSSR count). The van der Waals surface area contributed by atoms with Gasteiger partial charge in [0.05, 0.1) is 6.26 Å². The molecule has 0 saturated carbocycles.